The van der Waals surface area contributed by atoms with Gasteiger partial charge in [0.05, 0.1) is 12.6 Å². The second kappa shape index (κ2) is 13.5. The summed E-state index contributed by atoms with van der Waals surface area (Å²) in [5, 5.41) is 16.4. The maximum atomic E-state index is 15.1. The van der Waals surface area contributed by atoms with Gasteiger partial charge in [-0.05, 0) is 63.2 Å². The molecule has 0 fully saturated rings. The summed E-state index contributed by atoms with van der Waals surface area (Å²) in [4.78, 5) is 23.4. The summed E-state index contributed by atoms with van der Waals surface area (Å²) < 4.78 is 12.4. The molecule has 9 nitrogen and oxygen atoms in total. The Morgan fingerprint density at radius 3 is 2.21 bits per heavy atom. The molecule has 1 amide bonds. The van der Waals surface area contributed by atoms with Crippen LogP contribution < -0.4 is 10.1 Å². The summed E-state index contributed by atoms with van der Waals surface area (Å²) in [6.07, 6.45) is -0.170. The van der Waals surface area contributed by atoms with Crippen LogP contribution in [-0.2, 0) is 16.0 Å². The second-order valence-corrected chi connectivity index (χ2v) is 11.8. The number of hydrogen-bond acceptors (Lipinski definition) is 6. The number of nitrogens with zero attached hydrogens (tertiary/aromatic N) is 4. The lowest BCUT2D eigenvalue weighted by molar-refractivity contribution is -0.129. The molecule has 9 heteroatoms. The number of benzene rings is 5. The first-order valence-electron chi connectivity index (χ1n) is 15.9. The number of carbonyl (C=O) groups excluding carboxylic acids is 1. The molecule has 0 saturated heterocycles. The Morgan fingerprint density at radius 1 is 0.875 bits per heavy atom. The maximum absolute atomic E-state index is 15.1. The molecular formula is C39H33N5O4. The first kappa shape index (κ1) is 30.7. The van der Waals surface area contributed by atoms with Gasteiger partial charge in [-0.25, -0.2) is 4.99 Å². The van der Waals surface area contributed by atoms with E-state index in [-0.39, 0.29) is 18.9 Å². The van der Waals surface area contributed by atoms with Crippen molar-refractivity contribution >= 4 is 17.5 Å². The van der Waals surface area contributed by atoms with Crippen molar-refractivity contribution in [3.8, 4) is 16.9 Å². The number of ether oxygens (including phenoxy) is 2. The van der Waals surface area contributed by atoms with Crippen molar-refractivity contribution in [2.24, 2.45) is 10.1 Å². The average Bonchev–Trinajstić information content (AvgIpc) is 3.67. The molecule has 48 heavy (non-hydrogen) atoms. The molecule has 0 saturated carbocycles. The standard InChI is InChI=1S/C39H33N5O4/c40-44-43-34-18-9-4-13-28(34)25-39(38(46)41-35-32-16-7-5-14-30(32)31-15-6-8-17-33(31)35)36(26-11-2-1-3-12-26)48-37(42-39)27-19-21-29(22-20-27)47-24-10-23-45/h1-9,11-22,35-36,45H,10,23-25H2,(H,41,46)/t36-,39-/m1/s1. The predicted molar refractivity (Wildman–Crippen MR) is 184 cm³/mol. The molecule has 238 valence electrons. The van der Waals surface area contributed by atoms with Crippen LogP contribution in [0.5, 0.6) is 5.75 Å². The van der Waals surface area contributed by atoms with Gasteiger partial charge in [0.25, 0.3) is 5.91 Å². The first-order valence-corrected chi connectivity index (χ1v) is 15.9. The molecule has 2 atom stereocenters. The summed E-state index contributed by atoms with van der Waals surface area (Å²) in [5.41, 5.74) is 14.6. The Bertz CT molecular complexity index is 1980. The molecule has 0 spiro atoms. The smallest absolute Gasteiger partial charge is 0.253 e. The predicted octanol–water partition coefficient (Wildman–Crippen LogP) is 7.78. The van der Waals surface area contributed by atoms with Gasteiger partial charge in [-0.1, -0.05) is 108 Å². The Labute approximate surface area is 278 Å². The van der Waals surface area contributed by atoms with Crippen LogP contribution in [0.25, 0.3) is 21.6 Å². The molecule has 0 unspecified atom stereocenters. The highest BCUT2D eigenvalue weighted by molar-refractivity contribution is 6.01. The first-order chi connectivity index (χ1) is 23.6. The maximum Gasteiger partial charge on any atom is 0.253 e. The van der Waals surface area contributed by atoms with Crippen molar-refractivity contribution in [2.45, 2.75) is 30.5 Å². The third kappa shape index (κ3) is 5.77. The van der Waals surface area contributed by atoms with Crippen LogP contribution in [0.4, 0.5) is 5.69 Å². The zero-order valence-corrected chi connectivity index (χ0v) is 26.1. The van der Waals surface area contributed by atoms with E-state index in [1.807, 2.05) is 103 Å². The highest BCUT2D eigenvalue weighted by atomic mass is 16.5. The van der Waals surface area contributed by atoms with Crippen molar-refractivity contribution in [2.75, 3.05) is 13.2 Å². The molecule has 5 aromatic rings. The number of aliphatic hydroxyl groups excluding tert-OH is 1. The minimum atomic E-state index is -1.49. The number of nitrogens with one attached hydrogen (secondary N) is 1. The SMILES string of the molecule is [N-]=[N+]=Nc1ccccc1C[C@@]1(C(=O)NC2c3ccccc3-c3ccccc32)N=C(c2ccc(OCCCO)cc2)O[C@@H]1c1ccccc1. The van der Waals surface area contributed by atoms with Gasteiger partial charge < -0.3 is 19.9 Å². The van der Waals surface area contributed by atoms with Crippen LogP contribution in [0.1, 0.15) is 46.4 Å². The van der Waals surface area contributed by atoms with E-state index in [9.17, 15) is 5.53 Å². The minimum absolute atomic E-state index is 0.0502. The third-order valence-corrected chi connectivity index (χ3v) is 8.85. The molecule has 0 bridgehead atoms. The Hall–Kier alpha value is -5.89. The number of aliphatic imine (C=N–C) groups is 1. The highest BCUT2D eigenvalue weighted by Crippen LogP contribution is 2.47. The van der Waals surface area contributed by atoms with Crippen LogP contribution >= 0.6 is 0 Å². The van der Waals surface area contributed by atoms with Crippen LogP contribution in [0.3, 0.4) is 0 Å². The second-order valence-electron chi connectivity index (χ2n) is 11.8. The van der Waals surface area contributed by atoms with Crippen molar-refractivity contribution in [3.63, 3.8) is 0 Å². The van der Waals surface area contributed by atoms with E-state index in [1.54, 1.807) is 12.1 Å². The number of rotatable bonds is 11. The van der Waals surface area contributed by atoms with E-state index >= 15 is 4.79 Å². The fourth-order valence-electron chi connectivity index (χ4n) is 6.57. The molecule has 1 aliphatic heterocycles. The zero-order chi connectivity index (χ0) is 32.9. The molecule has 2 aliphatic rings. The van der Waals surface area contributed by atoms with Gasteiger partial charge in [-0.2, -0.15) is 0 Å². The highest BCUT2D eigenvalue weighted by Gasteiger charge is 2.54. The number of hydrogen-bond donors (Lipinski definition) is 2. The van der Waals surface area contributed by atoms with Crippen molar-refractivity contribution in [1.29, 1.82) is 0 Å². The number of carbonyl (C=O) groups is 1. The number of azide groups is 1. The van der Waals surface area contributed by atoms with E-state index in [2.05, 4.69) is 27.5 Å². The normalized spacial score (nSPS) is 17.8. The monoisotopic (exact) mass is 635 g/mol. The summed E-state index contributed by atoms with van der Waals surface area (Å²) in [7, 11) is 0. The third-order valence-electron chi connectivity index (χ3n) is 8.85. The largest absolute Gasteiger partial charge is 0.494 e. The summed E-state index contributed by atoms with van der Waals surface area (Å²) in [6.45, 7) is 0.444. The van der Waals surface area contributed by atoms with Gasteiger partial charge in [0.15, 0.2) is 11.6 Å². The lowest BCUT2D eigenvalue weighted by Crippen LogP contribution is -2.50. The van der Waals surface area contributed by atoms with Crippen LogP contribution in [0, 0.1) is 0 Å². The van der Waals surface area contributed by atoms with Gasteiger partial charge in [-0.15, -0.1) is 0 Å². The Morgan fingerprint density at radius 2 is 1.52 bits per heavy atom. The molecular weight excluding hydrogens is 602 g/mol. The lowest BCUT2D eigenvalue weighted by Gasteiger charge is -2.32. The number of fused-ring (bicyclic) bond motifs is 3. The molecule has 5 aromatic carbocycles. The molecule has 2 N–H and O–H groups in total. The molecule has 7 rings (SSSR count). The number of aliphatic hydroxyl groups is 1. The minimum Gasteiger partial charge on any atom is -0.494 e. The van der Waals surface area contributed by atoms with E-state index in [0.717, 1.165) is 27.8 Å². The number of amides is 1. The van der Waals surface area contributed by atoms with Crippen LogP contribution in [-0.4, -0.2) is 35.7 Å². The van der Waals surface area contributed by atoms with Gasteiger partial charge in [0.2, 0.25) is 5.90 Å². The Kier molecular flexibility index (Phi) is 8.62. The van der Waals surface area contributed by atoms with E-state index in [4.69, 9.17) is 19.6 Å². The van der Waals surface area contributed by atoms with Crippen molar-refractivity contribution in [3.05, 3.63) is 166 Å². The van der Waals surface area contributed by atoms with Gasteiger partial charge >= 0.3 is 0 Å². The molecule has 0 aromatic heterocycles. The molecule has 0 radical (unpaired) electrons. The quantitative estimate of drug-likeness (QED) is 0.0665. The Balaban J connectivity index is 1.35. The van der Waals surface area contributed by atoms with Gasteiger partial charge in [0.1, 0.15) is 5.75 Å². The lowest BCUT2D eigenvalue weighted by atomic mass is 9.81. The van der Waals surface area contributed by atoms with E-state index < -0.39 is 17.7 Å². The topological polar surface area (TPSA) is 129 Å². The molecule has 1 aliphatic carbocycles. The van der Waals surface area contributed by atoms with Crippen molar-refractivity contribution in [1.82, 2.24) is 5.32 Å². The van der Waals surface area contributed by atoms with Crippen molar-refractivity contribution < 1.29 is 19.4 Å². The van der Waals surface area contributed by atoms with Gasteiger partial charge in [-0.3, -0.25) is 4.79 Å². The van der Waals surface area contributed by atoms with E-state index in [1.165, 1.54) is 0 Å². The summed E-state index contributed by atoms with van der Waals surface area (Å²) in [5.74, 6) is 0.647. The summed E-state index contributed by atoms with van der Waals surface area (Å²) >= 11 is 0. The van der Waals surface area contributed by atoms with Crippen LogP contribution in [0.2, 0.25) is 0 Å². The average molecular weight is 636 g/mol. The van der Waals surface area contributed by atoms with E-state index in [0.29, 0.717) is 41.5 Å². The van der Waals surface area contributed by atoms with Gasteiger partial charge in [0, 0.05) is 35.6 Å². The summed E-state index contributed by atoms with van der Waals surface area (Å²) in [6, 6.07) is 40.0. The fraction of sp³-hybridized carbons (Fsp3) is 0.179. The van der Waals surface area contributed by atoms with Crippen LogP contribution in [0.15, 0.2) is 138 Å². The molecule has 1 heterocycles. The fourth-order valence-corrected chi connectivity index (χ4v) is 6.57. The zero-order valence-electron chi connectivity index (χ0n) is 26.1.